The summed E-state index contributed by atoms with van der Waals surface area (Å²) in [5, 5.41) is 31.1. The molecule has 4 rings (SSSR count). The summed E-state index contributed by atoms with van der Waals surface area (Å²) in [6.07, 6.45) is 3.89. The van der Waals surface area contributed by atoms with E-state index in [1.165, 1.54) is 5.56 Å². The van der Waals surface area contributed by atoms with Crippen LogP contribution in [0.15, 0.2) is 48.5 Å². The molecule has 3 nitrogen and oxygen atoms in total. The van der Waals surface area contributed by atoms with Crippen molar-refractivity contribution in [3.05, 3.63) is 87.5 Å². The van der Waals surface area contributed by atoms with Crippen LogP contribution >= 0.6 is 0 Å². The summed E-state index contributed by atoms with van der Waals surface area (Å²) < 4.78 is 0. The predicted octanol–water partition coefficient (Wildman–Crippen LogP) is 6.68. The quantitative estimate of drug-likeness (QED) is 0.446. The first kappa shape index (κ1) is 21.3. The Bertz CT molecular complexity index is 1040. The van der Waals surface area contributed by atoms with Gasteiger partial charge in [-0.2, -0.15) is 0 Å². The van der Waals surface area contributed by atoms with E-state index in [0.717, 1.165) is 59.1 Å². The molecule has 0 spiro atoms. The SMILES string of the molecule is Cc1ccc(C2(c3ccc(C)c(O)c3C)CCC(c3ccc(O)cc3)CC2)c(C)c1O. The minimum Gasteiger partial charge on any atom is -0.508 e. The van der Waals surface area contributed by atoms with Gasteiger partial charge in [-0.1, -0.05) is 36.4 Å². The van der Waals surface area contributed by atoms with E-state index in [9.17, 15) is 15.3 Å². The van der Waals surface area contributed by atoms with Crippen LogP contribution in [0.1, 0.15) is 70.5 Å². The molecule has 3 aromatic carbocycles. The molecule has 1 aliphatic carbocycles. The molecular formula is C28H32O3. The third-order valence-corrected chi connectivity index (χ3v) is 7.50. The number of aromatic hydroxyl groups is 3. The molecule has 3 aromatic rings. The Balaban J connectivity index is 1.82. The zero-order valence-corrected chi connectivity index (χ0v) is 18.9. The number of aryl methyl sites for hydroxylation is 2. The zero-order valence-electron chi connectivity index (χ0n) is 18.9. The summed E-state index contributed by atoms with van der Waals surface area (Å²) in [4.78, 5) is 0. The van der Waals surface area contributed by atoms with Crippen LogP contribution in [0.2, 0.25) is 0 Å². The van der Waals surface area contributed by atoms with E-state index in [0.29, 0.717) is 23.2 Å². The van der Waals surface area contributed by atoms with Crippen LogP contribution in [0.4, 0.5) is 0 Å². The van der Waals surface area contributed by atoms with Crippen LogP contribution < -0.4 is 0 Å². The van der Waals surface area contributed by atoms with Gasteiger partial charge < -0.3 is 15.3 Å². The highest BCUT2D eigenvalue weighted by Gasteiger charge is 2.41. The lowest BCUT2D eigenvalue weighted by atomic mass is 9.60. The van der Waals surface area contributed by atoms with Gasteiger partial charge in [-0.05, 0) is 110 Å². The Morgan fingerprint density at radius 2 is 1.10 bits per heavy atom. The highest BCUT2D eigenvalue weighted by Crippen LogP contribution is 2.52. The molecule has 1 saturated carbocycles. The van der Waals surface area contributed by atoms with E-state index in [1.807, 2.05) is 52.0 Å². The van der Waals surface area contributed by atoms with Crippen molar-refractivity contribution in [3.8, 4) is 17.2 Å². The van der Waals surface area contributed by atoms with Crippen molar-refractivity contribution in [2.24, 2.45) is 0 Å². The predicted molar refractivity (Wildman–Crippen MR) is 125 cm³/mol. The standard InChI is InChI=1S/C28H32O3/c1-17-5-11-24(19(3)26(17)30)28(25-12-6-18(2)27(31)20(25)4)15-13-22(14-16-28)21-7-9-23(29)10-8-21/h5-12,22,29-31H,13-16H2,1-4H3. The van der Waals surface area contributed by atoms with Crippen molar-refractivity contribution in [2.45, 2.75) is 64.7 Å². The Labute approximate surface area is 185 Å². The average Bonchev–Trinajstić information content (AvgIpc) is 2.77. The normalized spacial score (nSPS) is 16.4. The second-order valence-electron chi connectivity index (χ2n) is 9.26. The number of rotatable bonds is 3. The van der Waals surface area contributed by atoms with Gasteiger partial charge in [0.05, 0.1) is 0 Å². The lowest BCUT2D eigenvalue weighted by Gasteiger charge is -2.43. The van der Waals surface area contributed by atoms with Gasteiger partial charge in [0.2, 0.25) is 0 Å². The Kier molecular flexibility index (Phi) is 5.47. The molecule has 0 saturated heterocycles. The van der Waals surface area contributed by atoms with Gasteiger partial charge in [-0.3, -0.25) is 0 Å². The van der Waals surface area contributed by atoms with Crippen molar-refractivity contribution < 1.29 is 15.3 Å². The molecule has 0 unspecified atom stereocenters. The van der Waals surface area contributed by atoms with Crippen molar-refractivity contribution in [2.75, 3.05) is 0 Å². The van der Waals surface area contributed by atoms with Crippen molar-refractivity contribution in [1.29, 1.82) is 0 Å². The highest BCUT2D eigenvalue weighted by atomic mass is 16.3. The number of hydrogen-bond donors (Lipinski definition) is 3. The molecule has 1 fully saturated rings. The molecule has 1 aliphatic rings. The van der Waals surface area contributed by atoms with Crippen molar-refractivity contribution >= 4 is 0 Å². The fourth-order valence-corrected chi connectivity index (χ4v) is 5.58. The smallest absolute Gasteiger partial charge is 0.121 e. The minimum atomic E-state index is -0.252. The molecule has 3 N–H and O–H groups in total. The van der Waals surface area contributed by atoms with Gasteiger partial charge in [0.25, 0.3) is 0 Å². The van der Waals surface area contributed by atoms with Crippen LogP contribution in [0.5, 0.6) is 17.2 Å². The van der Waals surface area contributed by atoms with Gasteiger partial charge >= 0.3 is 0 Å². The summed E-state index contributed by atoms with van der Waals surface area (Å²) >= 11 is 0. The maximum Gasteiger partial charge on any atom is 0.121 e. The van der Waals surface area contributed by atoms with Crippen LogP contribution in [0.25, 0.3) is 0 Å². The van der Waals surface area contributed by atoms with Gasteiger partial charge in [0.15, 0.2) is 0 Å². The fraction of sp³-hybridized carbons (Fsp3) is 0.357. The van der Waals surface area contributed by atoms with E-state index in [4.69, 9.17) is 0 Å². The zero-order chi connectivity index (χ0) is 22.3. The fourth-order valence-electron chi connectivity index (χ4n) is 5.58. The molecular weight excluding hydrogens is 384 g/mol. The largest absolute Gasteiger partial charge is 0.508 e. The Morgan fingerprint density at radius 3 is 1.55 bits per heavy atom. The second kappa shape index (κ2) is 7.96. The van der Waals surface area contributed by atoms with E-state index in [-0.39, 0.29) is 5.41 Å². The van der Waals surface area contributed by atoms with E-state index < -0.39 is 0 Å². The average molecular weight is 417 g/mol. The molecule has 31 heavy (non-hydrogen) atoms. The monoisotopic (exact) mass is 416 g/mol. The second-order valence-corrected chi connectivity index (χ2v) is 9.26. The van der Waals surface area contributed by atoms with Crippen LogP contribution in [0, 0.1) is 27.7 Å². The number of hydrogen-bond acceptors (Lipinski definition) is 3. The number of benzene rings is 3. The summed E-state index contributed by atoms with van der Waals surface area (Å²) in [7, 11) is 0. The third kappa shape index (κ3) is 3.56. The maximum absolute atomic E-state index is 10.7. The highest BCUT2D eigenvalue weighted by molar-refractivity contribution is 5.56. The van der Waals surface area contributed by atoms with Crippen molar-refractivity contribution in [3.63, 3.8) is 0 Å². The molecule has 0 amide bonds. The van der Waals surface area contributed by atoms with Crippen LogP contribution in [-0.4, -0.2) is 15.3 Å². The molecule has 0 aliphatic heterocycles. The maximum atomic E-state index is 10.7. The molecule has 3 heteroatoms. The lowest BCUT2D eigenvalue weighted by Crippen LogP contribution is -2.34. The molecule has 0 atom stereocenters. The topological polar surface area (TPSA) is 60.7 Å². The molecule has 0 radical (unpaired) electrons. The molecule has 162 valence electrons. The van der Waals surface area contributed by atoms with Gasteiger partial charge in [0.1, 0.15) is 17.2 Å². The summed E-state index contributed by atoms with van der Waals surface area (Å²) in [5.74, 6) is 1.47. The van der Waals surface area contributed by atoms with Crippen LogP contribution in [-0.2, 0) is 5.41 Å². The van der Waals surface area contributed by atoms with Crippen molar-refractivity contribution in [1.82, 2.24) is 0 Å². The number of phenolic OH excluding ortho intramolecular Hbond substituents is 3. The summed E-state index contributed by atoms with van der Waals surface area (Å²) in [6.45, 7) is 7.89. The van der Waals surface area contributed by atoms with Gasteiger partial charge in [-0.25, -0.2) is 0 Å². The Morgan fingerprint density at radius 1 is 0.645 bits per heavy atom. The first-order valence-electron chi connectivity index (χ1n) is 11.1. The minimum absolute atomic E-state index is 0.252. The first-order chi connectivity index (χ1) is 14.7. The number of phenols is 3. The van der Waals surface area contributed by atoms with Gasteiger partial charge in [0, 0.05) is 5.41 Å². The third-order valence-electron chi connectivity index (χ3n) is 7.50. The summed E-state index contributed by atoms with van der Waals surface area (Å²) in [6, 6.07) is 15.9. The first-order valence-corrected chi connectivity index (χ1v) is 11.1. The van der Waals surface area contributed by atoms with Crippen LogP contribution in [0.3, 0.4) is 0 Å². The van der Waals surface area contributed by atoms with E-state index in [2.05, 4.69) is 12.1 Å². The molecule has 0 heterocycles. The van der Waals surface area contributed by atoms with Gasteiger partial charge in [-0.15, -0.1) is 0 Å². The van der Waals surface area contributed by atoms with E-state index in [1.54, 1.807) is 12.1 Å². The molecule has 0 bridgehead atoms. The van der Waals surface area contributed by atoms with E-state index >= 15 is 0 Å². The molecule has 0 aromatic heterocycles. The lowest BCUT2D eigenvalue weighted by molar-refractivity contribution is 0.310. The summed E-state index contributed by atoms with van der Waals surface area (Å²) in [5.41, 5.74) is 6.97. The Hall–Kier alpha value is -2.94.